The van der Waals surface area contributed by atoms with Crippen LogP contribution in [-0.2, 0) is 4.74 Å². The number of nitrogens with one attached hydrogen (secondary N) is 1. The molecule has 12 heteroatoms. The van der Waals surface area contributed by atoms with E-state index in [1.165, 1.54) is 12.3 Å². The van der Waals surface area contributed by atoms with Crippen LogP contribution in [0.1, 0.15) is 83.9 Å². The molecule has 2 aliphatic rings. The molecule has 4 rings (SSSR count). The van der Waals surface area contributed by atoms with Gasteiger partial charge in [0, 0.05) is 41.2 Å². The smallest absolute Gasteiger partial charge is 0.367 e. The average Bonchev–Trinajstić information content (AvgIpc) is 3.47. The molecule has 2 aromatic heterocycles. The molecule has 2 unspecified atom stereocenters. The summed E-state index contributed by atoms with van der Waals surface area (Å²) in [4.78, 5) is 34.1. The standard InChI is InChI=1S/C23H26F4N4O3S/c1-4-34-22(33)20-30-16(10-35-20)21(32)31-11(2)8-23(26,27)18(31)15-9-28-17(7-14(15)19(24)25)29-12(3)13-5-6-13/h7,9-13,18-19H,4-6,8H2,1-3H3,(H,28,29)/t11?,12-,18?/m0/s1. The van der Waals surface area contributed by atoms with Gasteiger partial charge in [-0.3, -0.25) is 4.79 Å². The highest BCUT2D eigenvalue weighted by Crippen LogP contribution is 2.50. The monoisotopic (exact) mass is 514 g/mol. The number of carbonyl (C=O) groups is 2. The third-order valence-electron chi connectivity index (χ3n) is 6.33. The van der Waals surface area contributed by atoms with Gasteiger partial charge in [-0.05, 0) is 45.6 Å². The first-order valence-corrected chi connectivity index (χ1v) is 12.3. The molecule has 35 heavy (non-hydrogen) atoms. The highest BCUT2D eigenvalue weighted by atomic mass is 32.1. The second-order valence-electron chi connectivity index (χ2n) is 8.96. The molecule has 1 aliphatic carbocycles. The summed E-state index contributed by atoms with van der Waals surface area (Å²) in [5.74, 6) is -4.49. The largest absolute Gasteiger partial charge is 0.461 e. The number of halogens is 4. The van der Waals surface area contributed by atoms with Crippen LogP contribution in [0.25, 0.3) is 0 Å². The van der Waals surface area contributed by atoms with E-state index in [4.69, 9.17) is 4.74 Å². The number of esters is 1. The van der Waals surface area contributed by atoms with Crippen molar-refractivity contribution in [3.8, 4) is 0 Å². The van der Waals surface area contributed by atoms with E-state index in [1.807, 2.05) is 6.92 Å². The second kappa shape index (κ2) is 9.71. The molecule has 190 valence electrons. The molecule has 1 amide bonds. The number of ether oxygens (including phenoxy) is 1. The molecular weight excluding hydrogens is 488 g/mol. The second-order valence-corrected chi connectivity index (χ2v) is 9.82. The Hall–Kier alpha value is -2.76. The van der Waals surface area contributed by atoms with E-state index in [2.05, 4.69) is 15.3 Å². The summed E-state index contributed by atoms with van der Waals surface area (Å²) >= 11 is 0.845. The van der Waals surface area contributed by atoms with E-state index in [-0.39, 0.29) is 29.2 Å². The van der Waals surface area contributed by atoms with Gasteiger partial charge < -0.3 is 15.0 Å². The van der Waals surface area contributed by atoms with Gasteiger partial charge in [0.1, 0.15) is 17.6 Å². The van der Waals surface area contributed by atoms with Crippen molar-refractivity contribution in [2.45, 2.75) is 70.5 Å². The summed E-state index contributed by atoms with van der Waals surface area (Å²) in [6.07, 6.45) is -0.689. The molecule has 0 radical (unpaired) electrons. The summed E-state index contributed by atoms with van der Waals surface area (Å²) in [6, 6.07) is -1.82. The molecule has 1 N–H and O–H groups in total. The molecule has 1 aliphatic heterocycles. The van der Waals surface area contributed by atoms with Crippen molar-refractivity contribution in [1.29, 1.82) is 0 Å². The van der Waals surface area contributed by atoms with E-state index >= 15 is 8.78 Å². The van der Waals surface area contributed by atoms with Crippen LogP contribution in [0.5, 0.6) is 0 Å². The topological polar surface area (TPSA) is 84.4 Å². The first-order valence-electron chi connectivity index (χ1n) is 11.4. The maximum Gasteiger partial charge on any atom is 0.367 e. The Labute approximate surface area is 203 Å². The lowest BCUT2D eigenvalue weighted by Crippen LogP contribution is -2.39. The Bertz CT molecular complexity index is 1110. The number of amides is 1. The fourth-order valence-corrected chi connectivity index (χ4v) is 5.16. The van der Waals surface area contributed by atoms with Crippen molar-refractivity contribution in [2.75, 3.05) is 11.9 Å². The van der Waals surface area contributed by atoms with Crippen molar-refractivity contribution < 1.29 is 31.9 Å². The molecular formula is C23H26F4N4O3S. The number of carbonyl (C=O) groups excluding carboxylic acids is 2. The predicted molar refractivity (Wildman–Crippen MR) is 121 cm³/mol. The number of thiazole rings is 1. The lowest BCUT2D eigenvalue weighted by molar-refractivity contribution is -0.0320. The lowest BCUT2D eigenvalue weighted by atomic mass is 9.97. The maximum absolute atomic E-state index is 15.2. The Morgan fingerprint density at radius 1 is 1.34 bits per heavy atom. The number of pyridine rings is 1. The van der Waals surface area contributed by atoms with Crippen LogP contribution in [0.15, 0.2) is 17.6 Å². The SMILES string of the molecule is CCOC(=O)c1nc(C(=O)N2C(C)CC(F)(F)C2c2cnc(N[C@@H](C)C3CC3)cc2C(F)F)cs1. The molecule has 0 bridgehead atoms. The quantitative estimate of drug-likeness (QED) is 0.371. The number of alkyl halides is 4. The van der Waals surface area contributed by atoms with Gasteiger partial charge in [-0.25, -0.2) is 32.3 Å². The number of aromatic nitrogens is 2. The fraction of sp³-hybridized carbons (Fsp3) is 0.565. The summed E-state index contributed by atoms with van der Waals surface area (Å²) in [6.45, 7) is 5.05. The Morgan fingerprint density at radius 2 is 2.06 bits per heavy atom. The highest BCUT2D eigenvalue weighted by molar-refractivity contribution is 7.11. The van der Waals surface area contributed by atoms with E-state index in [0.29, 0.717) is 5.92 Å². The minimum atomic E-state index is -3.48. The first kappa shape index (κ1) is 25.3. The zero-order chi connectivity index (χ0) is 25.5. The van der Waals surface area contributed by atoms with Gasteiger partial charge >= 0.3 is 5.97 Å². The molecule has 0 spiro atoms. The number of rotatable bonds is 8. The molecule has 1 saturated carbocycles. The Balaban J connectivity index is 1.68. The molecule has 7 nitrogen and oxygen atoms in total. The highest BCUT2D eigenvalue weighted by Gasteiger charge is 2.56. The Morgan fingerprint density at radius 3 is 2.69 bits per heavy atom. The summed E-state index contributed by atoms with van der Waals surface area (Å²) < 4.78 is 63.4. The van der Waals surface area contributed by atoms with E-state index in [1.54, 1.807) is 6.92 Å². The zero-order valence-corrected chi connectivity index (χ0v) is 20.3. The van der Waals surface area contributed by atoms with Crippen LogP contribution < -0.4 is 5.32 Å². The fourth-order valence-electron chi connectivity index (χ4n) is 4.47. The average molecular weight is 515 g/mol. The van der Waals surface area contributed by atoms with Gasteiger partial charge in [0.2, 0.25) is 5.01 Å². The van der Waals surface area contributed by atoms with Gasteiger partial charge in [-0.1, -0.05) is 0 Å². The van der Waals surface area contributed by atoms with Gasteiger partial charge in [-0.15, -0.1) is 11.3 Å². The number of nitrogens with zero attached hydrogens (tertiary/aromatic N) is 3. The minimum Gasteiger partial charge on any atom is -0.461 e. The third-order valence-corrected chi connectivity index (χ3v) is 7.15. The van der Waals surface area contributed by atoms with Gasteiger partial charge in [0.05, 0.1) is 6.61 Å². The van der Waals surface area contributed by atoms with Crippen LogP contribution in [0, 0.1) is 5.92 Å². The van der Waals surface area contributed by atoms with Crippen molar-refractivity contribution >= 4 is 29.0 Å². The van der Waals surface area contributed by atoms with E-state index in [9.17, 15) is 18.4 Å². The van der Waals surface area contributed by atoms with Crippen molar-refractivity contribution in [2.24, 2.45) is 5.92 Å². The zero-order valence-electron chi connectivity index (χ0n) is 19.4. The van der Waals surface area contributed by atoms with Crippen LogP contribution in [0.3, 0.4) is 0 Å². The van der Waals surface area contributed by atoms with Crippen molar-refractivity contribution in [3.63, 3.8) is 0 Å². The van der Waals surface area contributed by atoms with Crippen molar-refractivity contribution in [3.05, 3.63) is 39.5 Å². The number of anilines is 1. The van der Waals surface area contributed by atoms with Crippen LogP contribution in [0.2, 0.25) is 0 Å². The van der Waals surface area contributed by atoms with Crippen LogP contribution in [-0.4, -0.2) is 51.4 Å². The number of hydrogen-bond acceptors (Lipinski definition) is 7. The Kier molecular flexibility index (Phi) is 7.03. The predicted octanol–water partition coefficient (Wildman–Crippen LogP) is 5.47. The summed E-state index contributed by atoms with van der Waals surface area (Å²) in [5.41, 5.74) is -1.24. The summed E-state index contributed by atoms with van der Waals surface area (Å²) in [7, 11) is 0. The van der Waals surface area contributed by atoms with Crippen molar-refractivity contribution in [1.82, 2.24) is 14.9 Å². The molecule has 2 aromatic rings. The molecule has 0 aromatic carbocycles. The number of likely N-dealkylation sites (tertiary alicyclic amines) is 1. The maximum atomic E-state index is 15.2. The van der Waals surface area contributed by atoms with Gasteiger partial charge in [-0.2, -0.15) is 0 Å². The van der Waals surface area contributed by atoms with E-state index < -0.39 is 53.9 Å². The summed E-state index contributed by atoms with van der Waals surface area (Å²) in [5, 5.41) is 4.24. The lowest BCUT2D eigenvalue weighted by Gasteiger charge is -2.31. The van der Waals surface area contributed by atoms with Gasteiger partial charge in [0.25, 0.3) is 18.3 Å². The minimum absolute atomic E-state index is 0.0168. The first-order chi connectivity index (χ1) is 16.5. The van der Waals surface area contributed by atoms with Crippen LogP contribution >= 0.6 is 11.3 Å². The van der Waals surface area contributed by atoms with Crippen LogP contribution in [0.4, 0.5) is 23.4 Å². The molecule has 2 fully saturated rings. The molecule has 3 heterocycles. The molecule has 3 atom stereocenters. The third kappa shape index (κ3) is 5.12. The normalized spacial score (nSPS) is 22.3. The molecule has 1 saturated heterocycles. The number of hydrogen-bond donors (Lipinski definition) is 1. The van der Waals surface area contributed by atoms with E-state index in [0.717, 1.165) is 41.3 Å². The van der Waals surface area contributed by atoms with Gasteiger partial charge in [0.15, 0.2) is 0 Å².